The van der Waals surface area contributed by atoms with Gasteiger partial charge in [0.2, 0.25) is 0 Å². The van der Waals surface area contributed by atoms with Gasteiger partial charge in [0.15, 0.2) is 11.5 Å². The van der Waals surface area contributed by atoms with E-state index < -0.39 is 0 Å². The van der Waals surface area contributed by atoms with E-state index in [1.54, 1.807) is 26.4 Å². The third-order valence-corrected chi connectivity index (χ3v) is 6.02. The summed E-state index contributed by atoms with van der Waals surface area (Å²) in [5.74, 6) is 0.483. The predicted octanol–water partition coefficient (Wildman–Crippen LogP) is 2.85. The molecule has 2 heterocycles. The molecule has 7 heteroatoms. The van der Waals surface area contributed by atoms with Crippen molar-refractivity contribution in [3.05, 3.63) is 58.8 Å². The number of nitrogens with zero attached hydrogens (tertiary/aromatic N) is 3. The van der Waals surface area contributed by atoms with E-state index in [9.17, 15) is 9.59 Å². The minimum Gasteiger partial charge on any atom is -0.493 e. The van der Waals surface area contributed by atoms with Crippen LogP contribution in [0.1, 0.15) is 16.7 Å². The molecule has 0 unspecified atom stereocenters. The summed E-state index contributed by atoms with van der Waals surface area (Å²) >= 11 is 0. The molecule has 0 aromatic heterocycles. The first-order chi connectivity index (χ1) is 15.3. The maximum atomic E-state index is 13.7. The van der Waals surface area contributed by atoms with Gasteiger partial charge in [-0.3, -0.25) is 9.59 Å². The third kappa shape index (κ3) is 3.84. The summed E-state index contributed by atoms with van der Waals surface area (Å²) in [4.78, 5) is 33.0. The fourth-order valence-electron chi connectivity index (χ4n) is 4.41. The number of anilines is 1. The molecule has 2 aliphatic heterocycles. The second-order valence-corrected chi connectivity index (χ2v) is 8.38. The Morgan fingerprint density at radius 1 is 0.781 bits per heavy atom. The zero-order chi connectivity index (χ0) is 23.0. The Labute approximate surface area is 188 Å². The molecule has 2 aliphatic rings. The topological polar surface area (TPSA) is 62.3 Å². The standard InChI is InChI=1S/C25H29N3O4/c1-16-12-17(2)14-19(13-16)28-24(29)22(18-6-7-20(31-4)21(15-18)32-5)23(25(28)30)27-10-8-26(3)9-11-27/h6-7,12-15H,8-11H2,1-5H3. The molecular weight excluding hydrogens is 406 g/mol. The van der Waals surface area contributed by atoms with Gasteiger partial charge in [0.05, 0.1) is 25.5 Å². The van der Waals surface area contributed by atoms with Gasteiger partial charge in [-0.15, -0.1) is 0 Å². The van der Waals surface area contributed by atoms with Gasteiger partial charge in [0, 0.05) is 26.2 Å². The number of imide groups is 1. The fourth-order valence-corrected chi connectivity index (χ4v) is 4.41. The van der Waals surface area contributed by atoms with E-state index in [0.717, 1.165) is 24.2 Å². The second-order valence-electron chi connectivity index (χ2n) is 8.38. The Hall–Kier alpha value is -3.32. The summed E-state index contributed by atoms with van der Waals surface area (Å²) in [6, 6.07) is 11.1. The van der Waals surface area contributed by atoms with Crippen molar-refractivity contribution in [3.63, 3.8) is 0 Å². The lowest BCUT2D eigenvalue weighted by atomic mass is 10.0. The number of hydrogen-bond acceptors (Lipinski definition) is 6. The fraction of sp³-hybridized carbons (Fsp3) is 0.360. The Morgan fingerprint density at radius 2 is 1.41 bits per heavy atom. The number of carbonyl (C=O) groups is 2. The molecule has 0 saturated carbocycles. The molecule has 1 fully saturated rings. The van der Waals surface area contributed by atoms with Crippen molar-refractivity contribution in [2.24, 2.45) is 0 Å². The van der Waals surface area contributed by atoms with Gasteiger partial charge in [0.1, 0.15) is 5.70 Å². The van der Waals surface area contributed by atoms with Crippen molar-refractivity contribution in [1.82, 2.24) is 9.80 Å². The molecule has 2 aromatic rings. The van der Waals surface area contributed by atoms with Crippen LogP contribution in [0.2, 0.25) is 0 Å². The Bertz CT molecular complexity index is 1080. The van der Waals surface area contributed by atoms with E-state index in [-0.39, 0.29) is 11.8 Å². The summed E-state index contributed by atoms with van der Waals surface area (Å²) in [6.07, 6.45) is 0. The monoisotopic (exact) mass is 435 g/mol. The van der Waals surface area contributed by atoms with Crippen molar-refractivity contribution in [2.45, 2.75) is 13.8 Å². The van der Waals surface area contributed by atoms with Gasteiger partial charge >= 0.3 is 0 Å². The first-order valence-corrected chi connectivity index (χ1v) is 10.7. The minimum atomic E-state index is -0.318. The molecule has 7 nitrogen and oxygen atoms in total. The first kappa shape index (κ1) is 21.9. The summed E-state index contributed by atoms with van der Waals surface area (Å²) in [5, 5.41) is 0. The van der Waals surface area contributed by atoms with Gasteiger partial charge < -0.3 is 19.3 Å². The number of methoxy groups -OCH3 is 2. The Kier molecular flexibility index (Phi) is 5.93. The number of likely N-dealkylation sites (N-methyl/N-ethyl adjacent to an activating group) is 1. The molecule has 32 heavy (non-hydrogen) atoms. The number of hydrogen-bond donors (Lipinski definition) is 0. The zero-order valence-electron chi connectivity index (χ0n) is 19.3. The molecular formula is C25H29N3O4. The average molecular weight is 436 g/mol. The van der Waals surface area contributed by atoms with Crippen molar-refractivity contribution >= 4 is 23.1 Å². The SMILES string of the molecule is COc1ccc(C2=C(N3CCN(C)CC3)C(=O)N(c3cc(C)cc(C)c3)C2=O)cc1OC. The molecule has 0 radical (unpaired) electrons. The molecule has 0 aliphatic carbocycles. The first-order valence-electron chi connectivity index (χ1n) is 10.7. The molecule has 0 bridgehead atoms. The van der Waals surface area contributed by atoms with E-state index in [2.05, 4.69) is 11.9 Å². The van der Waals surface area contributed by atoms with Crippen molar-refractivity contribution in [1.29, 1.82) is 0 Å². The summed E-state index contributed by atoms with van der Waals surface area (Å²) in [6.45, 7) is 6.95. The molecule has 2 amide bonds. The van der Waals surface area contributed by atoms with E-state index in [1.165, 1.54) is 4.90 Å². The number of piperazine rings is 1. The van der Waals surface area contributed by atoms with E-state index in [4.69, 9.17) is 9.47 Å². The number of amides is 2. The molecule has 1 saturated heterocycles. The van der Waals surface area contributed by atoms with Gasteiger partial charge in [-0.25, -0.2) is 4.90 Å². The molecule has 0 atom stereocenters. The summed E-state index contributed by atoms with van der Waals surface area (Å²) < 4.78 is 10.8. The molecule has 2 aromatic carbocycles. The smallest absolute Gasteiger partial charge is 0.282 e. The molecule has 168 valence electrons. The minimum absolute atomic E-state index is 0.283. The normalized spacial score (nSPS) is 17.4. The van der Waals surface area contributed by atoms with E-state index in [0.29, 0.717) is 47.1 Å². The van der Waals surface area contributed by atoms with Crippen LogP contribution in [0, 0.1) is 13.8 Å². The van der Waals surface area contributed by atoms with Crippen LogP contribution in [0.15, 0.2) is 42.1 Å². The Balaban J connectivity index is 1.85. The highest BCUT2D eigenvalue weighted by Crippen LogP contribution is 2.38. The van der Waals surface area contributed by atoms with Crippen molar-refractivity contribution in [2.75, 3.05) is 52.3 Å². The van der Waals surface area contributed by atoms with Crippen LogP contribution >= 0.6 is 0 Å². The van der Waals surface area contributed by atoms with Gasteiger partial charge in [-0.1, -0.05) is 12.1 Å². The lowest BCUT2D eigenvalue weighted by molar-refractivity contribution is -0.120. The van der Waals surface area contributed by atoms with Gasteiger partial charge in [-0.2, -0.15) is 0 Å². The molecule has 0 N–H and O–H groups in total. The number of benzene rings is 2. The molecule has 0 spiro atoms. The van der Waals surface area contributed by atoms with Crippen LogP contribution in [0.4, 0.5) is 5.69 Å². The third-order valence-electron chi connectivity index (χ3n) is 6.02. The average Bonchev–Trinajstić information content (AvgIpc) is 3.03. The van der Waals surface area contributed by atoms with E-state index in [1.807, 2.05) is 43.0 Å². The van der Waals surface area contributed by atoms with Crippen LogP contribution < -0.4 is 14.4 Å². The van der Waals surface area contributed by atoms with Crippen LogP contribution in [-0.2, 0) is 9.59 Å². The zero-order valence-corrected chi connectivity index (χ0v) is 19.3. The number of carbonyl (C=O) groups excluding carboxylic acids is 2. The van der Waals surface area contributed by atoms with Crippen molar-refractivity contribution < 1.29 is 19.1 Å². The van der Waals surface area contributed by atoms with E-state index >= 15 is 0 Å². The highest BCUT2D eigenvalue weighted by atomic mass is 16.5. The lowest BCUT2D eigenvalue weighted by Gasteiger charge is -2.34. The highest BCUT2D eigenvalue weighted by molar-refractivity contribution is 6.45. The number of aryl methyl sites for hydroxylation is 2. The molecule has 4 rings (SSSR count). The highest BCUT2D eigenvalue weighted by Gasteiger charge is 2.43. The number of rotatable bonds is 5. The second kappa shape index (κ2) is 8.67. The van der Waals surface area contributed by atoms with Crippen molar-refractivity contribution in [3.8, 4) is 11.5 Å². The lowest BCUT2D eigenvalue weighted by Crippen LogP contribution is -2.46. The predicted molar refractivity (Wildman–Crippen MR) is 124 cm³/mol. The van der Waals surface area contributed by atoms with Crippen LogP contribution in [-0.4, -0.2) is 69.1 Å². The Morgan fingerprint density at radius 3 is 2.00 bits per heavy atom. The van der Waals surface area contributed by atoms with Crippen LogP contribution in [0.5, 0.6) is 11.5 Å². The number of ether oxygens (including phenoxy) is 2. The van der Waals surface area contributed by atoms with Gasteiger partial charge in [-0.05, 0) is 61.9 Å². The quantitative estimate of drug-likeness (QED) is 0.673. The largest absolute Gasteiger partial charge is 0.493 e. The van der Waals surface area contributed by atoms with Crippen LogP contribution in [0.3, 0.4) is 0 Å². The summed E-state index contributed by atoms with van der Waals surface area (Å²) in [5.41, 5.74) is 4.10. The summed E-state index contributed by atoms with van der Waals surface area (Å²) in [7, 11) is 5.18. The maximum Gasteiger partial charge on any atom is 0.282 e. The van der Waals surface area contributed by atoms with Crippen LogP contribution in [0.25, 0.3) is 5.57 Å². The maximum absolute atomic E-state index is 13.7. The van der Waals surface area contributed by atoms with Gasteiger partial charge in [0.25, 0.3) is 11.8 Å².